The molecule has 92 valence electrons. The highest BCUT2D eigenvalue weighted by molar-refractivity contribution is 9.10. The molecule has 2 aromatic carbocycles. The lowest BCUT2D eigenvalue weighted by atomic mass is 9.97. The predicted octanol–water partition coefficient (Wildman–Crippen LogP) is 4.95. The first-order valence-electron chi connectivity index (χ1n) is 5.56. The number of carbonyl (C=O) groups is 1. The number of benzene rings is 2. The molecular formula is C15H12BrClO. The van der Waals surface area contributed by atoms with Crippen LogP contribution < -0.4 is 0 Å². The Hall–Kier alpha value is -1.12. The lowest BCUT2D eigenvalue weighted by Crippen LogP contribution is -2.04. The van der Waals surface area contributed by atoms with E-state index in [1.165, 1.54) is 0 Å². The normalized spacial score (nSPS) is 10.4. The van der Waals surface area contributed by atoms with Gasteiger partial charge in [0.25, 0.3) is 0 Å². The largest absolute Gasteiger partial charge is 0.289 e. The summed E-state index contributed by atoms with van der Waals surface area (Å²) in [6.45, 7) is 3.94. The van der Waals surface area contributed by atoms with Crippen LogP contribution in [0.3, 0.4) is 0 Å². The summed E-state index contributed by atoms with van der Waals surface area (Å²) in [6, 6.07) is 11.1. The molecule has 0 aromatic heterocycles. The average molecular weight is 324 g/mol. The molecule has 0 heterocycles. The Bertz CT molecular complexity index is 620. The van der Waals surface area contributed by atoms with Crippen LogP contribution in [-0.2, 0) is 0 Å². The third-order valence-electron chi connectivity index (χ3n) is 2.80. The highest BCUT2D eigenvalue weighted by atomic mass is 79.9. The second-order valence-electron chi connectivity index (χ2n) is 4.27. The van der Waals surface area contributed by atoms with E-state index in [9.17, 15) is 4.79 Å². The summed E-state index contributed by atoms with van der Waals surface area (Å²) >= 11 is 9.44. The molecule has 0 atom stereocenters. The van der Waals surface area contributed by atoms with E-state index in [0.717, 1.165) is 15.6 Å². The molecule has 0 unspecified atom stereocenters. The molecule has 0 amide bonds. The van der Waals surface area contributed by atoms with Crippen LogP contribution in [0.4, 0.5) is 0 Å². The van der Waals surface area contributed by atoms with E-state index in [1.54, 1.807) is 12.1 Å². The Morgan fingerprint density at radius 1 is 1.06 bits per heavy atom. The minimum atomic E-state index is -0.0428. The van der Waals surface area contributed by atoms with Crippen molar-refractivity contribution in [1.82, 2.24) is 0 Å². The van der Waals surface area contributed by atoms with Gasteiger partial charge in [0.1, 0.15) is 0 Å². The van der Waals surface area contributed by atoms with Crippen LogP contribution in [0.25, 0.3) is 0 Å². The Balaban J connectivity index is 2.51. The van der Waals surface area contributed by atoms with Crippen molar-refractivity contribution in [2.45, 2.75) is 13.8 Å². The summed E-state index contributed by atoms with van der Waals surface area (Å²) in [6.07, 6.45) is 0. The van der Waals surface area contributed by atoms with Gasteiger partial charge in [0.2, 0.25) is 0 Å². The van der Waals surface area contributed by atoms with E-state index in [4.69, 9.17) is 11.6 Å². The maximum absolute atomic E-state index is 12.4. The molecule has 2 aromatic rings. The van der Waals surface area contributed by atoms with Gasteiger partial charge in [-0.2, -0.15) is 0 Å². The lowest BCUT2D eigenvalue weighted by Gasteiger charge is -2.08. The second-order valence-corrected chi connectivity index (χ2v) is 5.59. The number of hydrogen-bond acceptors (Lipinski definition) is 1. The van der Waals surface area contributed by atoms with Gasteiger partial charge in [-0.05, 0) is 37.6 Å². The maximum Gasteiger partial charge on any atom is 0.194 e. The molecule has 0 aliphatic carbocycles. The molecule has 0 fully saturated rings. The van der Waals surface area contributed by atoms with Crippen molar-refractivity contribution in [2.75, 3.05) is 0 Å². The van der Waals surface area contributed by atoms with Crippen LogP contribution in [0.15, 0.2) is 40.9 Å². The standard InChI is InChI=1S/C15H12BrClO/c1-9-3-5-12(10(2)7-9)15(18)13-8-11(16)4-6-14(13)17/h3-8H,1-2H3. The van der Waals surface area contributed by atoms with Crippen LogP contribution in [-0.4, -0.2) is 5.78 Å². The summed E-state index contributed by atoms with van der Waals surface area (Å²) in [7, 11) is 0. The van der Waals surface area contributed by atoms with Gasteiger partial charge in [-0.1, -0.05) is 51.3 Å². The summed E-state index contributed by atoms with van der Waals surface area (Å²) in [5.41, 5.74) is 3.33. The number of hydrogen-bond donors (Lipinski definition) is 0. The third-order valence-corrected chi connectivity index (χ3v) is 3.62. The molecule has 0 aliphatic heterocycles. The molecule has 18 heavy (non-hydrogen) atoms. The van der Waals surface area contributed by atoms with Gasteiger partial charge in [-0.3, -0.25) is 4.79 Å². The minimum Gasteiger partial charge on any atom is -0.289 e. The Morgan fingerprint density at radius 3 is 2.44 bits per heavy atom. The van der Waals surface area contributed by atoms with Crippen LogP contribution in [0.2, 0.25) is 5.02 Å². The van der Waals surface area contributed by atoms with Crippen molar-refractivity contribution in [3.05, 3.63) is 68.1 Å². The first-order chi connectivity index (χ1) is 8.49. The fourth-order valence-electron chi connectivity index (χ4n) is 1.88. The van der Waals surface area contributed by atoms with Gasteiger partial charge in [0, 0.05) is 15.6 Å². The van der Waals surface area contributed by atoms with Crippen molar-refractivity contribution in [1.29, 1.82) is 0 Å². The SMILES string of the molecule is Cc1ccc(C(=O)c2cc(Br)ccc2Cl)c(C)c1. The molecule has 3 heteroatoms. The van der Waals surface area contributed by atoms with Crippen molar-refractivity contribution in [2.24, 2.45) is 0 Å². The fraction of sp³-hybridized carbons (Fsp3) is 0.133. The van der Waals surface area contributed by atoms with E-state index in [0.29, 0.717) is 16.1 Å². The first-order valence-corrected chi connectivity index (χ1v) is 6.73. The topological polar surface area (TPSA) is 17.1 Å². The molecule has 0 N–H and O–H groups in total. The fourth-order valence-corrected chi connectivity index (χ4v) is 2.45. The van der Waals surface area contributed by atoms with Crippen molar-refractivity contribution in [3.63, 3.8) is 0 Å². The monoisotopic (exact) mass is 322 g/mol. The van der Waals surface area contributed by atoms with Gasteiger partial charge in [0.15, 0.2) is 5.78 Å². The van der Waals surface area contributed by atoms with Gasteiger partial charge < -0.3 is 0 Å². The average Bonchev–Trinajstić information content (AvgIpc) is 2.31. The van der Waals surface area contributed by atoms with Crippen LogP contribution in [0.1, 0.15) is 27.0 Å². The molecule has 0 saturated carbocycles. The van der Waals surface area contributed by atoms with Gasteiger partial charge >= 0.3 is 0 Å². The summed E-state index contributed by atoms with van der Waals surface area (Å²) in [4.78, 5) is 12.4. The predicted molar refractivity (Wildman–Crippen MR) is 78.5 cm³/mol. The van der Waals surface area contributed by atoms with Crippen molar-refractivity contribution >= 4 is 33.3 Å². The third kappa shape index (κ3) is 2.65. The van der Waals surface area contributed by atoms with Gasteiger partial charge in [-0.15, -0.1) is 0 Å². The first kappa shape index (κ1) is 13.3. The molecule has 0 spiro atoms. The van der Waals surface area contributed by atoms with Crippen LogP contribution >= 0.6 is 27.5 Å². The van der Waals surface area contributed by atoms with Crippen LogP contribution in [0, 0.1) is 13.8 Å². The number of carbonyl (C=O) groups excluding carboxylic acids is 1. The highest BCUT2D eigenvalue weighted by Crippen LogP contribution is 2.25. The van der Waals surface area contributed by atoms with E-state index >= 15 is 0 Å². The quantitative estimate of drug-likeness (QED) is 0.715. The summed E-state index contributed by atoms with van der Waals surface area (Å²) < 4.78 is 0.847. The number of aryl methyl sites for hydroxylation is 2. The Morgan fingerprint density at radius 2 is 1.78 bits per heavy atom. The van der Waals surface area contributed by atoms with E-state index in [1.807, 2.05) is 38.1 Å². The molecule has 0 radical (unpaired) electrons. The molecule has 0 saturated heterocycles. The number of halogens is 2. The molecule has 0 aliphatic rings. The smallest absolute Gasteiger partial charge is 0.194 e. The molecule has 0 bridgehead atoms. The maximum atomic E-state index is 12.4. The summed E-state index contributed by atoms with van der Waals surface area (Å²) in [5.74, 6) is -0.0428. The Labute approximate surface area is 120 Å². The second kappa shape index (κ2) is 5.25. The van der Waals surface area contributed by atoms with Gasteiger partial charge in [-0.25, -0.2) is 0 Å². The van der Waals surface area contributed by atoms with E-state index in [2.05, 4.69) is 15.9 Å². The molecule has 2 rings (SSSR count). The molecular weight excluding hydrogens is 312 g/mol. The number of ketones is 1. The van der Waals surface area contributed by atoms with E-state index in [-0.39, 0.29) is 5.78 Å². The van der Waals surface area contributed by atoms with E-state index < -0.39 is 0 Å². The zero-order chi connectivity index (χ0) is 13.3. The van der Waals surface area contributed by atoms with Gasteiger partial charge in [0.05, 0.1) is 5.02 Å². The zero-order valence-corrected chi connectivity index (χ0v) is 12.5. The van der Waals surface area contributed by atoms with Crippen molar-refractivity contribution < 1.29 is 4.79 Å². The summed E-state index contributed by atoms with van der Waals surface area (Å²) in [5, 5.41) is 0.475. The molecule has 1 nitrogen and oxygen atoms in total. The Kier molecular flexibility index (Phi) is 3.88. The van der Waals surface area contributed by atoms with Crippen molar-refractivity contribution in [3.8, 4) is 0 Å². The minimum absolute atomic E-state index is 0.0428. The zero-order valence-electron chi connectivity index (χ0n) is 10.1. The van der Waals surface area contributed by atoms with Crippen LogP contribution in [0.5, 0.6) is 0 Å². The lowest BCUT2D eigenvalue weighted by molar-refractivity contribution is 0.103. The highest BCUT2D eigenvalue weighted by Gasteiger charge is 2.15. The number of rotatable bonds is 2.